The molecule has 3 rings (SSSR count). The summed E-state index contributed by atoms with van der Waals surface area (Å²) in [5, 5.41) is 0.532. The minimum Gasteiger partial charge on any atom is -0.336 e. The molecule has 3 unspecified atom stereocenters. The maximum absolute atomic E-state index is 12.7. The van der Waals surface area contributed by atoms with Crippen LogP contribution in [0.25, 0.3) is 0 Å². The highest BCUT2D eigenvalue weighted by Gasteiger charge is 2.57. The molecule has 0 bridgehead atoms. The third-order valence-corrected chi connectivity index (χ3v) is 4.99. The fourth-order valence-corrected chi connectivity index (χ4v) is 4.10. The molecule has 0 spiro atoms. The first-order valence-electron chi connectivity index (χ1n) is 7.34. The number of aryl methyl sites for hydroxylation is 1. The Hall–Kier alpha value is -0.970. The Bertz CT molecular complexity index is 537. The van der Waals surface area contributed by atoms with Gasteiger partial charge in [-0.05, 0) is 35.8 Å². The topological polar surface area (TPSA) is 20.3 Å². The van der Waals surface area contributed by atoms with Crippen LogP contribution in [0.15, 0.2) is 24.3 Å². The van der Waals surface area contributed by atoms with Crippen LogP contribution in [0.5, 0.6) is 0 Å². The van der Waals surface area contributed by atoms with Crippen LogP contribution >= 0.6 is 15.9 Å². The van der Waals surface area contributed by atoms with E-state index in [0.717, 1.165) is 12.8 Å². The van der Waals surface area contributed by atoms with Gasteiger partial charge in [-0.3, -0.25) is 4.79 Å². The van der Waals surface area contributed by atoms with E-state index >= 15 is 0 Å². The van der Waals surface area contributed by atoms with Gasteiger partial charge in [0.25, 0.3) is 6.43 Å². The van der Waals surface area contributed by atoms with Gasteiger partial charge in [-0.2, -0.15) is 0 Å². The largest absolute Gasteiger partial charge is 0.336 e. The number of hydrogen-bond donors (Lipinski definition) is 0. The number of benzene rings is 1. The summed E-state index contributed by atoms with van der Waals surface area (Å²) in [7, 11) is 0. The number of alkyl halides is 3. The molecule has 21 heavy (non-hydrogen) atoms. The van der Waals surface area contributed by atoms with Gasteiger partial charge in [0.15, 0.2) is 0 Å². The van der Waals surface area contributed by atoms with Gasteiger partial charge in [-0.1, -0.05) is 40.2 Å². The monoisotopic (exact) mass is 357 g/mol. The molecule has 114 valence electrons. The number of nitrogens with zero attached hydrogens (tertiary/aromatic N) is 1. The van der Waals surface area contributed by atoms with Gasteiger partial charge in [0, 0.05) is 17.8 Å². The lowest BCUT2D eigenvalue weighted by molar-refractivity contribution is -0.134. The smallest absolute Gasteiger partial charge is 0.255 e. The third-order valence-electron chi connectivity index (χ3n) is 4.64. The molecule has 1 saturated carbocycles. The fraction of sp³-hybridized carbons (Fsp3) is 0.562. The van der Waals surface area contributed by atoms with Crippen LogP contribution in [0.4, 0.5) is 8.78 Å². The van der Waals surface area contributed by atoms with Gasteiger partial charge < -0.3 is 4.90 Å². The number of carbonyl (C=O) groups excluding carboxylic acids is 1. The molecule has 1 aromatic rings. The zero-order valence-electron chi connectivity index (χ0n) is 11.6. The molecule has 2 nitrogen and oxygen atoms in total. The minimum absolute atomic E-state index is 0.0912. The van der Waals surface area contributed by atoms with Crippen molar-refractivity contribution >= 4 is 21.8 Å². The molecule has 0 saturated heterocycles. The van der Waals surface area contributed by atoms with Crippen molar-refractivity contribution in [1.29, 1.82) is 0 Å². The maximum atomic E-state index is 12.7. The first kappa shape index (κ1) is 14.9. The van der Waals surface area contributed by atoms with Crippen LogP contribution in [0.2, 0.25) is 0 Å². The molecule has 0 aliphatic heterocycles. The molecular weight excluding hydrogens is 340 g/mol. The Morgan fingerprint density at radius 1 is 1.38 bits per heavy atom. The molecule has 2 aliphatic carbocycles. The highest BCUT2D eigenvalue weighted by Crippen LogP contribution is 2.60. The molecule has 2 aliphatic rings. The van der Waals surface area contributed by atoms with Gasteiger partial charge in [-0.25, -0.2) is 8.78 Å². The van der Waals surface area contributed by atoms with Gasteiger partial charge in [0.05, 0.1) is 6.54 Å². The second-order valence-corrected chi connectivity index (χ2v) is 6.61. The summed E-state index contributed by atoms with van der Waals surface area (Å²) >= 11 is 3.24. The van der Waals surface area contributed by atoms with E-state index in [2.05, 4.69) is 28.1 Å². The van der Waals surface area contributed by atoms with Crippen LogP contribution in [0.3, 0.4) is 0 Å². The van der Waals surface area contributed by atoms with Crippen LogP contribution in [-0.4, -0.2) is 35.7 Å². The van der Waals surface area contributed by atoms with Gasteiger partial charge >= 0.3 is 0 Å². The van der Waals surface area contributed by atoms with E-state index < -0.39 is 13.0 Å². The summed E-state index contributed by atoms with van der Waals surface area (Å²) in [5.41, 5.74) is 2.57. The van der Waals surface area contributed by atoms with E-state index in [1.54, 1.807) is 0 Å². The van der Waals surface area contributed by atoms with Crippen molar-refractivity contribution in [3.05, 3.63) is 35.4 Å². The average Bonchev–Trinajstić information content (AvgIpc) is 3.20. The molecule has 1 aromatic carbocycles. The summed E-state index contributed by atoms with van der Waals surface area (Å²) in [6, 6.07) is 8.21. The standard InChI is InChI=1S/C16H18BrF2NO/c17-7-8-20(9-13(18)19)16(21)15-12-6-5-10-3-1-2-4-11(10)14(12)15/h1-4,12-15H,5-9H2. The Labute approximate surface area is 131 Å². The Morgan fingerprint density at radius 3 is 2.86 bits per heavy atom. The molecule has 1 fully saturated rings. The van der Waals surface area contributed by atoms with Gasteiger partial charge in [0.2, 0.25) is 5.91 Å². The maximum Gasteiger partial charge on any atom is 0.255 e. The van der Waals surface area contributed by atoms with Crippen molar-refractivity contribution in [2.45, 2.75) is 25.2 Å². The average molecular weight is 358 g/mol. The van der Waals surface area contributed by atoms with Crippen molar-refractivity contribution in [1.82, 2.24) is 4.90 Å². The summed E-state index contributed by atoms with van der Waals surface area (Å²) in [6.45, 7) is -0.108. The van der Waals surface area contributed by atoms with E-state index in [1.807, 2.05) is 12.1 Å². The molecule has 0 heterocycles. The van der Waals surface area contributed by atoms with Crippen LogP contribution in [-0.2, 0) is 11.2 Å². The first-order valence-corrected chi connectivity index (χ1v) is 8.46. The van der Waals surface area contributed by atoms with Crippen molar-refractivity contribution in [2.75, 3.05) is 18.4 Å². The number of halogens is 3. The molecular formula is C16H18BrF2NO. The number of rotatable bonds is 5. The second-order valence-electron chi connectivity index (χ2n) is 5.82. The quantitative estimate of drug-likeness (QED) is 0.739. The van der Waals surface area contributed by atoms with Crippen molar-refractivity contribution in [2.24, 2.45) is 11.8 Å². The number of hydrogen-bond acceptors (Lipinski definition) is 1. The normalized spacial score (nSPS) is 26.2. The van der Waals surface area contributed by atoms with E-state index in [0.29, 0.717) is 17.8 Å². The summed E-state index contributed by atoms with van der Waals surface area (Å²) in [4.78, 5) is 13.9. The van der Waals surface area contributed by atoms with Crippen molar-refractivity contribution in [3.63, 3.8) is 0 Å². The SMILES string of the molecule is O=C(C1C2CCc3ccccc3C21)N(CCBr)CC(F)F. The van der Waals surface area contributed by atoms with Gasteiger partial charge in [0.1, 0.15) is 0 Å². The van der Waals surface area contributed by atoms with E-state index in [-0.39, 0.29) is 17.7 Å². The number of amides is 1. The minimum atomic E-state index is -2.47. The predicted molar refractivity (Wildman–Crippen MR) is 80.9 cm³/mol. The van der Waals surface area contributed by atoms with Gasteiger partial charge in [-0.15, -0.1) is 0 Å². The summed E-state index contributed by atoms with van der Waals surface area (Å²) < 4.78 is 25.3. The lowest BCUT2D eigenvalue weighted by atomic mass is 9.92. The van der Waals surface area contributed by atoms with Crippen LogP contribution in [0.1, 0.15) is 23.5 Å². The first-order chi connectivity index (χ1) is 10.1. The Morgan fingerprint density at radius 2 is 2.14 bits per heavy atom. The number of fused-ring (bicyclic) bond motifs is 3. The molecule has 3 atom stereocenters. The predicted octanol–water partition coefficient (Wildman–Crippen LogP) is 3.45. The zero-order chi connectivity index (χ0) is 15.0. The summed E-state index contributed by atoms with van der Waals surface area (Å²) in [6.07, 6.45) is -0.482. The fourth-order valence-electron chi connectivity index (χ4n) is 3.67. The Kier molecular flexibility index (Phi) is 4.29. The lowest BCUT2D eigenvalue weighted by Gasteiger charge is -2.21. The highest BCUT2D eigenvalue weighted by atomic mass is 79.9. The molecule has 1 amide bonds. The lowest BCUT2D eigenvalue weighted by Crippen LogP contribution is -2.38. The molecule has 0 aromatic heterocycles. The van der Waals surface area contributed by atoms with E-state index in [4.69, 9.17) is 0 Å². The molecule has 0 N–H and O–H groups in total. The van der Waals surface area contributed by atoms with E-state index in [9.17, 15) is 13.6 Å². The highest BCUT2D eigenvalue weighted by molar-refractivity contribution is 9.09. The zero-order valence-corrected chi connectivity index (χ0v) is 13.2. The second kappa shape index (κ2) is 6.03. The van der Waals surface area contributed by atoms with Crippen molar-refractivity contribution < 1.29 is 13.6 Å². The Balaban J connectivity index is 1.75. The molecule has 5 heteroatoms. The van der Waals surface area contributed by atoms with Crippen molar-refractivity contribution in [3.8, 4) is 0 Å². The van der Waals surface area contributed by atoms with Crippen LogP contribution in [0, 0.1) is 11.8 Å². The number of carbonyl (C=O) groups is 1. The third kappa shape index (κ3) is 2.85. The van der Waals surface area contributed by atoms with Crippen LogP contribution < -0.4 is 0 Å². The summed E-state index contributed by atoms with van der Waals surface area (Å²) in [5.74, 6) is 0.411. The molecule has 0 radical (unpaired) electrons. The van der Waals surface area contributed by atoms with E-state index in [1.165, 1.54) is 16.0 Å².